The van der Waals surface area contributed by atoms with E-state index >= 15 is 0 Å². The van der Waals surface area contributed by atoms with E-state index in [4.69, 9.17) is 0 Å². The van der Waals surface area contributed by atoms with Gasteiger partial charge in [-0.15, -0.1) is 0 Å². The summed E-state index contributed by atoms with van der Waals surface area (Å²) in [7, 11) is 0. The van der Waals surface area contributed by atoms with Crippen LogP contribution in [0.3, 0.4) is 0 Å². The molecule has 1 fully saturated rings. The van der Waals surface area contributed by atoms with Gasteiger partial charge in [-0.25, -0.2) is 4.79 Å². The Hall–Kier alpha value is -3.68. The summed E-state index contributed by atoms with van der Waals surface area (Å²) in [5.41, 5.74) is 0.881. The number of aromatic nitrogens is 2. The number of carbonyl (C=O) groups excluding carboxylic acids is 2. The number of hydrogen-bond acceptors (Lipinski definition) is 4. The summed E-state index contributed by atoms with van der Waals surface area (Å²) in [6, 6.07) is 14.3. The summed E-state index contributed by atoms with van der Waals surface area (Å²) in [5.74, 6) is -0.113. The number of nitrogens with zero attached hydrogens (tertiary/aromatic N) is 2. The maximum atomic E-state index is 12.8. The highest BCUT2D eigenvalue weighted by Gasteiger charge is 2.19. The molecule has 166 valence electrons. The van der Waals surface area contributed by atoms with E-state index in [1.807, 2.05) is 35.2 Å². The molecule has 2 amide bonds. The lowest BCUT2D eigenvalue weighted by Gasteiger charge is -2.15. The highest BCUT2D eigenvalue weighted by Crippen LogP contribution is 2.11. The molecule has 2 aromatic carbocycles. The minimum absolute atomic E-state index is 0.171. The zero-order chi connectivity index (χ0) is 22.5. The molecule has 0 aliphatic carbocycles. The van der Waals surface area contributed by atoms with Crippen molar-refractivity contribution >= 4 is 22.7 Å². The first-order valence-electron chi connectivity index (χ1n) is 10.9. The number of hydrogen-bond donors (Lipinski definition) is 2. The molecule has 2 N–H and O–H groups in total. The SMILES string of the molecule is O=C(NCCCN1CCCC1=O)c1ccc2c(=O)n(CCc3ccccc3)c(=O)[nH]c2c1. The molecule has 2 heterocycles. The van der Waals surface area contributed by atoms with Crippen molar-refractivity contribution in [1.82, 2.24) is 19.8 Å². The Kier molecular flexibility index (Phi) is 6.49. The van der Waals surface area contributed by atoms with E-state index in [2.05, 4.69) is 10.3 Å². The van der Waals surface area contributed by atoms with Gasteiger partial charge in [0.1, 0.15) is 0 Å². The second kappa shape index (κ2) is 9.64. The number of nitrogens with one attached hydrogen (secondary N) is 2. The van der Waals surface area contributed by atoms with Crippen molar-refractivity contribution in [3.8, 4) is 0 Å². The summed E-state index contributed by atoms with van der Waals surface area (Å²) >= 11 is 0. The topological polar surface area (TPSA) is 104 Å². The molecule has 32 heavy (non-hydrogen) atoms. The smallest absolute Gasteiger partial charge is 0.328 e. The molecule has 1 saturated heterocycles. The first-order chi connectivity index (χ1) is 15.5. The van der Waals surface area contributed by atoms with Gasteiger partial charge in [0.2, 0.25) is 5.91 Å². The van der Waals surface area contributed by atoms with Crippen LogP contribution in [0, 0.1) is 0 Å². The van der Waals surface area contributed by atoms with Gasteiger partial charge in [-0.2, -0.15) is 0 Å². The Morgan fingerprint density at radius 2 is 1.84 bits per heavy atom. The maximum absolute atomic E-state index is 12.8. The van der Waals surface area contributed by atoms with Crippen LogP contribution in [0.1, 0.15) is 35.2 Å². The zero-order valence-corrected chi connectivity index (χ0v) is 17.8. The average molecular weight is 434 g/mol. The summed E-state index contributed by atoms with van der Waals surface area (Å²) in [5, 5.41) is 3.19. The van der Waals surface area contributed by atoms with Crippen LogP contribution in [0.25, 0.3) is 10.9 Å². The molecular weight excluding hydrogens is 408 g/mol. The van der Waals surface area contributed by atoms with Gasteiger partial charge in [-0.05, 0) is 43.0 Å². The minimum atomic E-state index is -0.494. The number of aryl methyl sites for hydroxylation is 1. The molecule has 0 spiro atoms. The van der Waals surface area contributed by atoms with E-state index in [-0.39, 0.29) is 23.9 Å². The molecule has 0 bridgehead atoms. The quantitative estimate of drug-likeness (QED) is 0.526. The lowest BCUT2D eigenvalue weighted by atomic mass is 10.1. The second-order valence-electron chi connectivity index (χ2n) is 7.98. The normalized spacial score (nSPS) is 13.6. The molecule has 8 nitrogen and oxygen atoms in total. The van der Waals surface area contributed by atoms with E-state index in [0.717, 1.165) is 18.5 Å². The highest BCUT2D eigenvalue weighted by molar-refractivity contribution is 5.97. The predicted octanol–water partition coefficient (Wildman–Crippen LogP) is 1.67. The number of H-pyrrole nitrogens is 1. The fourth-order valence-electron chi connectivity index (χ4n) is 4.00. The molecule has 1 aliphatic heterocycles. The van der Waals surface area contributed by atoms with Gasteiger partial charge in [0, 0.05) is 38.2 Å². The molecule has 8 heteroatoms. The number of aromatic amines is 1. The monoisotopic (exact) mass is 434 g/mol. The number of rotatable bonds is 8. The Labute approximate surface area is 184 Å². The van der Waals surface area contributed by atoms with E-state index in [1.54, 1.807) is 12.1 Å². The van der Waals surface area contributed by atoms with Crippen molar-refractivity contribution in [1.29, 1.82) is 0 Å². The number of benzene rings is 2. The van der Waals surface area contributed by atoms with Crippen LogP contribution >= 0.6 is 0 Å². The van der Waals surface area contributed by atoms with Crippen LogP contribution in [-0.2, 0) is 17.8 Å². The van der Waals surface area contributed by atoms with Crippen molar-refractivity contribution in [2.24, 2.45) is 0 Å². The number of carbonyl (C=O) groups is 2. The standard InChI is InChI=1S/C24H26N4O4/c29-21-8-4-13-27(21)14-5-12-25-22(30)18-9-10-19-20(16-18)26-24(32)28(23(19)31)15-11-17-6-2-1-3-7-17/h1-3,6-7,9-10,16H,4-5,8,11-15H2,(H,25,30)(H,26,32). The van der Waals surface area contributed by atoms with Crippen molar-refractivity contribution in [3.63, 3.8) is 0 Å². The third kappa shape index (κ3) is 4.80. The number of likely N-dealkylation sites (tertiary alicyclic amines) is 1. The summed E-state index contributed by atoms with van der Waals surface area (Å²) < 4.78 is 1.19. The Balaban J connectivity index is 1.42. The van der Waals surface area contributed by atoms with E-state index < -0.39 is 5.69 Å². The average Bonchev–Trinajstić information content (AvgIpc) is 3.21. The zero-order valence-electron chi connectivity index (χ0n) is 17.8. The molecular formula is C24H26N4O4. The van der Waals surface area contributed by atoms with Crippen LogP contribution in [0.15, 0.2) is 58.1 Å². The lowest BCUT2D eigenvalue weighted by Crippen LogP contribution is -2.35. The predicted molar refractivity (Wildman–Crippen MR) is 122 cm³/mol. The van der Waals surface area contributed by atoms with Crippen molar-refractivity contribution in [3.05, 3.63) is 80.5 Å². The van der Waals surface area contributed by atoms with Gasteiger partial charge in [0.25, 0.3) is 11.5 Å². The maximum Gasteiger partial charge on any atom is 0.328 e. The van der Waals surface area contributed by atoms with Crippen LogP contribution in [0.4, 0.5) is 0 Å². The molecule has 4 rings (SSSR count). The molecule has 0 saturated carbocycles. The molecule has 0 radical (unpaired) electrons. The van der Waals surface area contributed by atoms with Crippen LogP contribution < -0.4 is 16.6 Å². The molecule has 0 atom stereocenters. The largest absolute Gasteiger partial charge is 0.352 e. The van der Waals surface area contributed by atoms with Gasteiger partial charge in [0.05, 0.1) is 10.9 Å². The Morgan fingerprint density at radius 1 is 1.03 bits per heavy atom. The minimum Gasteiger partial charge on any atom is -0.352 e. The molecule has 3 aromatic rings. The number of fused-ring (bicyclic) bond motifs is 1. The molecule has 0 unspecified atom stereocenters. The van der Waals surface area contributed by atoms with Crippen molar-refractivity contribution in [2.45, 2.75) is 32.2 Å². The first kappa shape index (κ1) is 21.5. The third-order valence-corrected chi connectivity index (χ3v) is 5.77. The van der Waals surface area contributed by atoms with E-state index in [9.17, 15) is 19.2 Å². The summed E-state index contributed by atoms with van der Waals surface area (Å²) in [6.45, 7) is 2.13. The van der Waals surface area contributed by atoms with Gasteiger partial charge in [0.15, 0.2) is 0 Å². The van der Waals surface area contributed by atoms with Crippen LogP contribution in [-0.4, -0.2) is 45.9 Å². The van der Waals surface area contributed by atoms with Gasteiger partial charge in [-0.3, -0.25) is 19.0 Å². The third-order valence-electron chi connectivity index (χ3n) is 5.77. The fraction of sp³-hybridized carbons (Fsp3) is 0.333. The Morgan fingerprint density at radius 3 is 2.59 bits per heavy atom. The van der Waals surface area contributed by atoms with E-state index in [1.165, 1.54) is 10.6 Å². The van der Waals surface area contributed by atoms with Crippen LogP contribution in [0.5, 0.6) is 0 Å². The second-order valence-corrected chi connectivity index (χ2v) is 7.98. The van der Waals surface area contributed by atoms with Crippen molar-refractivity contribution < 1.29 is 9.59 Å². The fourth-order valence-corrected chi connectivity index (χ4v) is 4.00. The summed E-state index contributed by atoms with van der Waals surface area (Å²) in [6.07, 6.45) is 2.75. The Bertz CT molecular complexity index is 1250. The van der Waals surface area contributed by atoms with Gasteiger partial charge in [-0.1, -0.05) is 30.3 Å². The first-order valence-corrected chi connectivity index (χ1v) is 10.9. The van der Waals surface area contributed by atoms with Crippen molar-refractivity contribution in [2.75, 3.05) is 19.6 Å². The van der Waals surface area contributed by atoms with Gasteiger partial charge < -0.3 is 15.2 Å². The van der Waals surface area contributed by atoms with Gasteiger partial charge >= 0.3 is 5.69 Å². The molecule has 1 aromatic heterocycles. The van der Waals surface area contributed by atoms with Crippen LogP contribution in [0.2, 0.25) is 0 Å². The summed E-state index contributed by atoms with van der Waals surface area (Å²) in [4.78, 5) is 54.0. The lowest BCUT2D eigenvalue weighted by molar-refractivity contribution is -0.127. The molecule has 1 aliphatic rings. The highest BCUT2D eigenvalue weighted by atomic mass is 16.2. The number of amides is 2. The van der Waals surface area contributed by atoms with E-state index in [0.29, 0.717) is 48.8 Å².